The monoisotopic (exact) mass is 384 g/mol. The number of methoxy groups -OCH3 is 1. The first-order valence-electron chi connectivity index (χ1n) is 9.00. The van der Waals surface area contributed by atoms with Gasteiger partial charge in [0, 0.05) is 26.7 Å². The molecule has 0 aliphatic rings. The van der Waals surface area contributed by atoms with E-state index in [2.05, 4.69) is 0 Å². The van der Waals surface area contributed by atoms with E-state index in [9.17, 15) is 13.2 Å². The topological polar surface area (TPSA) is 66.9 Å². The number of carbonyl (C=O) groups excluding carboxylic acids is 1. The van der Waals surface area contributed by atoms with Crippen LogP contribution in [0, 0.1) is 13.8 Å². The molecule has 6 nitrogen and oxygen atoms in total. The number of nitrogens with zero attached hydrogens (tertiary/aromatic N) is 2. The number of carbonyl (C=O) groups is 1. The molecule has 148 valence electrons. The number of ether oxygens (including phenoxy) is 1. The largest absolute Gasteiger partial charge is 0.383 e. The van der Waals surface area contributed by atoms with Crippen LogP contribution in [0.1, 0.15) is 37.8 Å². The highest BCUT2D eigenvalue weighted by molar-refractivity contribution is 7.89. The van der Waals surface area contributed by atoms with E-state index in [0.29, 0.717) is 13.2 Å². The highest BCUT2D eigenvalue weighted by atomic mass is 32.2. The molecule has 0 aromatic heterocycles. The minimum Gasteiger partial charge on any atom is -0.383 e. The van der Waals surface area contributed by atoms with E-state index >= 15 is 0 Å². The van der Waals surface area contributed by atoms with E-state index in [1.165, 1.54) is 7.05 Å². The Bertz CT molecular complexity index is 699. The van der Waals surface area contributed by atoms with Gasteiger partial charge in [0.1, 0.15) is 0 Å². The molecule has 0 fully saturated rings. The van der Waals surface area contributed by atoms with Crippen molar-refractivity contribution in [2.45, 2.75) is 51.5 Å². The number of hydrogen-bond acceptors (Lipinski definition) is 4. The normalized spacial score (nSPS) is 12.0. The van der Waals surface area contributed by atoms with Gasteiger partial charge in [0.05, 0.1) is 18.0 Å². The van der Waals surface area contributed by atoms with Gasteiger partial charge in [-0.15, -0.1) is 0 Å². The van der Waals surface area contributed by atoms with Gasteiger partial charge in [0.25, 0.3) is 0 Å². The molecule has 1 rings (SSSR count). The molecule has 0 atom stereocenters. The quantitative estimate of drug-likeness (QED) is 0.622. The van der Waals surface area contributed by atoms with Crippen molar-refractivity contribution >= 4 is 15.9 Å². The predicted molar refractivity (Wildman–Crippen MR) is 104 cm³/mol. The third-order valence-corrected chi connectivity index (χ3v) is 6.58. The summed E-state index contributed by atoms with van der Waals surface area (Å²) < 4.78 is 31.8. The van der Waals surface area contributed by atoms with Crippen molar-refractivity contribution < 1.29 is 17.9 Å². The van der Waals surface area contributed by atoms with Crippen molar-refractivity contribution in [3.63, 3.8) is 0 Å². The van der Waals surface area contributed by atoms with E-state index in [4.69, 9.17) is 4.74 Å². The van der Waals surface area contributed by atoms with E-state index < -0.39 is 10.0 Å². The fourth-order valence-corrected chi connectivity index (χ4v) is 4.06. The fraction of sp³-hybridized carbons (Fsp3) is 0.632. The van der Waals surface area contributed by atoms with E-state index in [-0.39, 0.29) is 23.4 Å². The van der Waals surface area contributed by atoms with Gasteiger partial charge in [-0.05, 0) is 49.9 Å². The number of sulfonamides is 1. The third-order valence-electron chi connectivity index (χ3n) is 4.78. The molecule has 1 aromatic rings. The summed E-state index contributed by atoms with van der Waals surface area (Å²) in [5, 5.41) is 0. The number of rotatable bonds is 10. The minimum absolute atomic E-state index is 0.0790. The van der Waals surface area contributed by atoms with Crippen LogP contribution in [0.2, 0.25) is 0 Å². The lowest BCUT2D eigenvalue weighted by molar-refractivity contribution is -0.134. The maximum atomic E-state index is 12.8. The third kappa shape index (κ3) is 5.53. The van der Waals surface area contributed by atoms with Gasteiger partial charge in [-0.25, -0.2) is 8.42 Å². The van der Waals surface area contributed by atoms with Crippen molar-refractivity contribution in [2.75, 3.05) is 33.9 Å². The van der Waals surface area contributed by atoms with Crippen molar-refractivity contribution in [3.8, 4) is 0 Å². The molecule has 0 N–H and O–H groups in total. The van der Waals surface area contributed by atoms with E-state index in [0.717, 1.165) is 28.3 Å². The number of likely N-dealkylation sites (N-methyl/N-ethyl adjacent to an activating group) is 1. The van der Waals surface area contributed by atoms with Gasteiger partial charge in [-0.3, -0.25) is 4.79 Å². The van der Waals surface area contributed by atoms with Crippen molar-refractivity contribution in [3.05, 3.63) is 29.3 Å². The average Bonchev–Trinajstić information content (AvgIpc) is 2.60. The molecule has 0 spiro atoms. The molecule has 1 aromatic carbocycles. The maximum absolute atomic E-state index is 12.8. The predicted octanol–water partition coefficient (Wildman–Crippen LogP) is 2.59. The first-order chi connectivity index (χ1) is 12.2. The van der Waals surface area contributed by atoms with Gasteiger partial charge in [-0.2, -0.15) is 4.31 Å². The average molecular weight is 385 g/mol. The summed E-state index contributed by atoms with van der Waals surface area (Å²) in [6.45, 7) is 8.56. The van der Waals surface area contributed by atoms with Gasteiger partial charge in [0.15, 0.2) is 0 Å². The molecule has 7 heteroatoms. The highest BCUT2D eigenvalue weighted by Crippen LogP contribution is 2.19. The smallest absolute Gasteiger partial charge is 0.243 e. The van der Waals surface area contributed by atoms with Crippen LogP contribution in [-0.2, 0) is 19.6 Å². The van der Waals surface area contributed by atoms with Crippen molar-refractivity contribution in [1.82, 2.24) is 9.21 Å². The molecule has 0 bridgehead atoms. The number of hydrogen-bond donors (Lipinski definition) is 0. The molecular weight excluding hydrogens is 352 g/mol. The Labute approximate surface area is 158 Å². The van der Waals surface area contributed by atoms with Crippen LogP contribution < -0.4 is 0 Å². The zero-order valence-corrected chi connectivity index (χ0v) is 17.6. The Kier molecular flexibility index (Phi) is 8.73. The second-order valence-corrected chi connectivity index (χ2v) is 8.60. The molecule has 0 aliphatic carbocycles. The number of aryl methyl sites for hydroxylation is 2. The summed E-state index contributed by atoms with van der Waals surface area (Å²) in [6, 6.07) is 5.10. The molecule has 0 saturated carbocycles. The summed E-state index contributed by atoms with van der Waals surface area (Å²) in [4.78, 5) is 14.7. The second-order valence-electron chi connectivity index (χ2n) is 6.56. The molecule has 0 aliphatic heterocycles. The SMILES string of the molecule is CCC(CC)N(CCOC)C(=O)CN(C)S(=O)(=O)c1ccc(C)c(C)c1. The Morgan fingerprint density at radius 2 is 1.77 bits per heavy atom. The Morgan fingerprint density at radius 3 is 2.27 bits per heavy atom. The first kappa shape index (κ1) is 22.6. The summed E-state index contributed by atoms with van der Waals surface area (Å²) in [7, 11) is -0.675. The van der Waals surface area contributed by atoms with E-state index in [1.54, 1.807) is 30.2 Å². The molecule has 0 heterocycles. The Balaban J connectivity index is 2.98. The molecular formula is C19H32N2O4S. The molecule has 26 heavy (non-hydrogen) atoms. The van der Waals surface area contributed by atoms with Gasteiger partial charge >= 0.3 is 0 Å². The number of amides is 1. The lowest BCUT2D eigenvalue weighted by atomic mass is 10.1. The minimum atomic E-state index is -3.71. The van der Waals surface area contributed by atoms with Gasteiger partial charge in [-0.1, -0.05) is 19.9 Å². The summed E-state index contributed by atoms with van der Waals surface area (Å²) in [5.41, 5.74) is 1.94. The van der Waals surface area contributed by atoms with Crippen LogP contribution in [0.3, 0.4) is 0 Å². The van der Waals surface area contributed by atoms with Gasteiger partial charge < -0.3 is 9.64 Å². The van der Waals surface area contributed by atoms with Crippen molar-refractivity contribution in [2.24, 2.45) is 0 Å². The lowest BCUT2D eigenvalue weighted by Gasteiger charge is -2.31. The van der Waals surface area contributed by atoms with Crippen LogP contribution >= 0.6 is 0 Å². The fourth-order valence-electron chi connectivity index (χ4n) is 2.85. The zero-order chi connectivity index (χ0) is 19.9. The van der Waals surface area contributed by atoms with Crippen LogP contribution in [0.5, 0.6) is 0 Å². The van der Waals surface area contributed by atoms with E-state index in [1.807, 2.05) is 27.7 Å². The Hall–Kier alpha value is -1.44. The zero-order valence-electron chi connectivity index (χ0n) is 16.8. The van der Waals surface area contributed by atoms with Crippen molar-refractivity contribution in [1.29, 1.82) is 0 Å². The summed E-state index contributed by atoms with van der Waals surface area (Å²) in [5.74, 6) is -0.203. The van der Waals surface area contributed by atoms with Crippen LogP contribution in [0.25, 0.3) is 0 Å². The van der Waals surface area contributed by atoms with Crippen LogP contribution in [-0.4, -0.2) is 63.4 Å². The molecule has 0 unspecified atom stereocenters. The number of benzene rings is 1. The Morgan fingerprint density at radius 1 is 1.15 bits per heavy atom. The van der Waals surface area contributed by atoms with Gasteiger partial charge in [0.2, 0.25) is 15.9 Å². The second kappa shape index (κ2) is 10.0. The maximum Gasteiger partial charge on any atom is 0.243 e. The van der Waals surface area contributed by atoms with Crippen LogP contribution in [0.4, 0.5) is 0 Å². The molecule has 1 amide bonds. The standard InChI is InChI=1S/C19H32N2O4S/c1-7-17(8-2)21(11-12-25-6)19(22)14-20(5)26(23,24)18-10-9-15(3)16(4)13-18/h9-10,13,17H,7-8,11-12,14H2,1-6H3. The highest BCUT2D eigenvalue weighted by Gasteiger charge is 2.27. The molecule has 0 radical (unpaired) electrons. The lowest BCUT2D eigenvalue weighted by Crippen LogP contribution is -2.47. The summed E-state index contributed by atoms with van der Waals surface area (Å²) in [6.07, 6.45) is 1.64. The molecule has 0 saturated heterocycles. The summed E-state index contributed by atoms with van der Waals surface area (Å²) >= 11 is 0. The van der Waals surface area contributed by atoms with Crippen LogP contribution in [0.15, 0.2) is 23.1 Å². The first-order valence-corrected chi connectivity index (χ1v) is 10.4.